The number of benzene rings is 1. The van der Waals surface area contributed by atoms with Crippen molar-refractivity contribution in [3.8, 4) is 5.75 Å². The molecule has 5 unspecified atom stereocenters. The van der Waals surface area contributed by atoms with Crippen molar-refractivity contribution in [3.63, 3.8) is 0 Å². The highest BCUT2D eigenvalue weighted by atomic mass is 16.5. The Labute approximate surface area is 207 Å². The molecular weight excluding hydrogens is 404 g/mol. The van der Waals surface area contributed by atoms with Gasteiger partial charge in [0.05, 0.1) is 0 Å². The molecular formula is C31H56O2. The fraction of sp³-hybridized carbons (Fsp3) is 0.774. The zero-order valence-corrected chi connectivity index (χ0v) is 23.6. The first-order valence-electron chi connectivity index (χ1n) is 14.0. The minimum absolute atomic E-state index is 0.148. The van der Waals surface area contributed by atoms with E-state index in [1.165, 1.54) is 56.9 Å². The summed E-state index contributed by atoms with van der Waals surface area (Å²) in [6.07, 6.45) is 12.0. The molecule has 2 nitrogen and oxygen atoms in total. The summed E-state index contributed by atoms with van der Waals surface area (Å²) in [6, 6.07) is 7.97. The Balaban J connectivity index is 0.000000684. The Morgan fingerprint density at radius 3 is 1.70 bits per heavy atom. The Hall–Kier alpha value is -1.31. The molecule has 0 radical (unpaired) electrons. The topological polar surface area (TPSA) is 26.3 Å². The van der Waals surface area contributed by atoms with Crippen LogP contribution in [0.4, 0.5) is 0 Å². The molecule has 0 heterocycles. The standard InChI is InChI=1S/C18H28O2.C13H28/c1-5-7-18(19)20-17-12-10-16(11-13-17)15(4)9-8-14(3)6-2;1-6-8-12(4)13(5)10-9-11(3)7-2/h10-15H,5-9H2,1-4H3;11-13H,6-10H2,1-5H3. The third kappa shape index (κ3) is 15.3. The third-order valence-corrected chi connectivity index (χ3v) is 7.45. The maximum Gasteiger partial charge on any atom is 0.311 e. The van der Waals surface area contributed by atoms with E-state index in [0.717, 1.165) is 30.1 Å². The molecule has 0 bridgehead atoms. The molecule has 0 spiro atoms. The Bertz CT molecular complexity index is 591. The summed E-state index contributed by atoms with van der Waals surface area (Å²) in [6.45, 7) is 20.6. The van der Waals surface area contributed by atoms with Crippen LogP contribution in [0.15, 0.2) is 24.3 Å². The van der Waals surface area contributed by atoms with E-state index in [1.807, 2.05) is 19.1 Å². The molecule has 1 aromatic rings. The largest absolute Gasteiger partial charge is 0.427 e. The third-order valence-electron chi connectivity index (χ3n) is 7.45. The Kier molecular flexibility index (Phi) is 18.3. The average Bonchev–Trinajstić information content (AvgIpc) is 2.81. The highest BCUT2D eigenvalue weighted by Gasteiger charge is 2.12. The second-order valence-electron chi connectivity index (χ2n) is 10.6. The van der Waals surface area contributed by atoms with Crippen LogP contribution in [0.25, 0.3) is 0 Å². The highest BCUT2D eigenvalue weighted by Crippen LogP contribution is 2.26. The molecule has 0 aromatic heterocycles. The first-order valence-corrected chi connectivity index (χ1v) is 14.0. The molecule has 0 aliphatic heterocycles. The number of hydrogen-bond acceptors (Lipinski definition) is 2. The van der Waals surface area contributed by atoms with Crippen molar-refractivity contribution in [2.45, 2.75) is 132 Å². The molecule has 0 saturated carbocycles. The molecule has 33 heavy (non-hydrogen) atoms. The van der Waals surface area contributed by atoms with Gasteiger partial charge >= 0.3 is 5.97 Å². The van der Waals surface area contributed by atoms with Gasteiger partial charge in [-0.05, 0) is 60.1 Å². The van der Waals surface area contributed by atoms with Gasteiger partial charge in [0, 0.05) is 6.42 Å². The van der Waals surface area contributed by atoms with Gasteiger partial charge in [-0.25, -0.2) is 0 Å². The summed E-state index contributed by atoms with van der Waals surface area (Å²) in [5.41, 5.74) is 1.32. The first-order chi connectivity index (χ1) is 15.7. The lowest BCUT2D eigenvalue weighted by atomic mass is 9.86. The Morgan fingerprint density at radius 2 is 1.21 bits per heavy atom. The summed E-state index contributed by atoms with van der Waals surface area (Å²) >= 11 is 0. The van der Waals surface area contributed by atoms with Crippen LogP contribution < -0.4 is 4.74 Å². The van der Waals surface area contributed by atoms with Gasteiger partial charge < -0.3 is 4.74 Å². The van der Waals surface area contributed by atoms with Crippen LogP contribution in [-0.4, -0.2) is 5.97 Å². The molecule has 0 saturated heterocycles. The summed E-state index contributed by atoms with van der Waals surface area (Å²) in [7, 11) is 0. The summed E-state index contributed by atoms with van der Waals surface area (Å²) in [5, 5.41) is 0. The van der Waals surface area contributed by atoms with E-state index in [1.54, 1.807) is 0 Å². The minimum atomic E-state index is -0.148. The molecule has 0 aliphatic rings. The first kappa shape index (κ1) is 31.7. The summed E-state index contributed by atoms with van der Waals surface area (Å²) in [4.78, 5) is 11.4. The van der Waals surface area contributed by atoms with Gasteiger partial charge in [0.15, 0.2) is 0 Å². The molecule has 2 heteroatoms. The highest BCUT2D eigenvalue weighted by molar-refractivity contribution is 5.72. The van der Waals surface area contributed by atoms with Gasteiger partial charge in [-0.2, -0.15) is 0 Å². The number of ether oxygens (including phenoxy) is 1. The fourth-order valence-electron chi connectivity index (χ4n) is 3.93. The minimum Gasteiger partial charge on any atom is -0.427 e. The maximum absolute atomic E-state index is 11.4. The van der Waals surface area contributed by atoms with Crippen molar-refractivity contribution in [3.05, 3.63) is 29.8 Å². The van der Waals surface area contributed by atoms with Crippen LogP contribution in [0.3, 0.4) is 0 Å². The zero-order chi connectivity index (χ0) is 25.2. The number of carbonyl (C=O) groups is 1. The molecule has 0 N–H and O–H groups in total. The van der Waals surface area contributed by atoms with Crippen molar-refractivity contribution < 1.29 is 9.53 Å². The van der Waals surface area contributed by atoms with Crippen molar-refractivity contribution in [2.24, 2.45) is 23.7 Å². The smallest absolute Gasteiger partial charge is 0.311 e. The Morgan fingerprint density at radius 1 is 0.697 bits per heavy atom. The van der Waals surface area contributed by atoms with Crippen LogP contribution in [-0.2, 0) is 4.79 Å². The maximum atomic E-state index is 11.4. The van der Waals surface area contributed by atoms with Gasteiger partial charge in [0.1, 0.15) is 5.75 Å². The summed E-state index contributed by atoms with van der Waals surface area (Å²) in [5.74, 6) is 4.64. The van der Waals surface area contributed by atoms with Crippen molar-refractivity contribution >= 4 is 5.97 Å². The number of carbonyl (C=O) groups excluding carboxylic acids is 1. The van der Waals surface area contributed by atoms with E-state index in [4.69, 9.17) is 4.74 Å². The van der Waals surface area contributed by atoms with E-state index in [0.29, 0.717) is 18.1 Å². The van der Waals surface area contributed by atoms with E-state index >= 15 is 0 Å². The number of esters is 1. The molecule has 0 amide bonds. The van der Waals surface area contributed by atoms with Crippen molar-refractivity contribution in [1.82, 2.24) is 0 Å². The van der Waals surface area contributed by atoms with Crippen molar-refractivity contribution in [1.29, 1.82) is 0 Å². The quantitative estimate of drug-likeness (QED) is 0.192. The predicted molar refractivity (Wildman–Crippen MR) is 146 cm³/mol. The van der Waals surface area contributed by atoms with Crippen LogP contribution in [0.2, 0.25) is 0 Å². The lowest BCUT2D eigenvalue weighted by Gasteiger charge is -2.20. The van der Waals surface area contributed by atoms with E-state index in [9.17, 15) is 4.79 Å². The number of rotatable bonds is 15. The molecule has 1 aromatic carbocycles. The monoisotopic (exact) mass is 460 g/mol. The van der Waals surface area contributed by atoms with E-state index in [-0.39, 0.29) is 5.97 Å². The molecule has 0 fully saturated rings. The average molecular weight is 461 g/mol. The van der Waals surface area contributed by atoms with Gasteiger partial charge in [0.25, 0.3) is 0 Å². The predicted octanol–water partition coefficient (Wildman–Crippen LogP) is 10.2. The second-order valence-corrected chi connectivity index (χ2v) is 10.6. The van der Waals surface area contributed by atoms with Crippen LogP contribution in [0, 0.1) is 23.7 Å². The lowest BCUT2D eigenvalue weighted by Crippen LogP contribution is -2.09. The van der Waals surface area contributed by atoms with Gasteiger partial charge in [-0.15, -0.1) is 0 Å². The normalized spacial score (nSPS) is 15.5. The molecule has 192 valence electrons. The van der Waals surface area contributed by atoms with E-state index in [2.05, 4.69) is 67.5 Å². The van der Waals surface area contributed by atoms with Crippen LogP contribution in [0.1, 0.15) is 138 Å². The zero-order valence-electron chi connectivity index (χ0n) is 23.6. The van der Waals surface area contributed by atoms with E-state index < -0.39 is 0 Å². The lowest BCUT2D eigenvalue weighted by molar-refractivity contribution is -0.134. The molecule has 5 atom stereocenters. The van der Waals surface area contributed by atoms with Gasteiger partial charge in [-0.3, -0.25) is 4.79 Å². The molecule has 1 rings (SSSR count). The van der Waals surface area contributed by atoms with Crippen molar-refractivity contribution in [2.75, 3.05) is 0 Å². The van der Waals surface area contributed by atoms with Gasteiger partial charge in [0.2, 0.25) is 0 Å². The SMILES string of the molecule is CCCC(=O)Oc1ccc(C(C)CCC(C)CC)cc1.CCCC(C)C(C)CCC(C)CC. The van der Waals surface area contributed by atoms with Gasteiger partial charge in [-0.1, -0.05) is 119 Å². The number of hydrogen-bond donors (Lipinski definition) is 0. The molecule has 0 aliphatic carbocycles. The van der Waals surface area contributed by atoms with Crippen LogP contribution in [0.5, 0.6) is 5.75 Å². The van der Waals surface area contributed by atoms with Crippen LogP contribution >= 0.6 is 0 Å². The second kappa shape index (κ2) is 19.0. The summed E-state index contributed by atoms with van der Waals surface area (Å²) < 4.78 is 5.27. The fourth-order valence-corrected chi connectivity index (χ4v) is 3.93.